The Bertz CT molecular complexity index is 1610. The van der Waals surface area contributed by atoms with Crippen molar-refractivity contribution in [2.45, 2.75) is 18.9 Å². The van der Waals surface area contributed by atoms with Crippen molar-refractivity contribution in [3.8, 4) is 17.2 Å². The van der Waals surface area contributed by atoms with E-state index in [1.54, 1.807) is 29.3 Å². The molecule has 1 unspecified atom stereocenters. The Morgan fingerprint density at radius 3 is 2.74 bits per heavy atom. The highest BCUT2D eigenvalue weighted by Gasteiger charge is 2.33. The van der Waals surface area contributed by atoms with E-state index in [9.17, 15) is 14.4 Å². The van der Waals surface area contributed by atoms with Crippen LogP contribution >= 0.6 is 0 Å². The first kappa shape index (κ1) is 24.4. The fraction of sp³-hybridized carbons (Fsp3) is 0.200. The summed E-state index contributed by atoms with van der Waals surface area (Å²) in [6.07, 6.45) is 4.28. The molecule has 0 aliphatic carbocycles. The maximum Gasteiger partial charge on any atom is 0.271 e. The van der Waals surface area contributed by atoms with E-state index in [-0.39, 0.29) is 23.1 Å². The van der Waals surface area contributed by atoms with Gasteiger partial charge in [-0.1, -0.05) is 24.3 Å². The summed E-state index contributed by atoms with van der Waals surface area (Å²) in [5.74, 6) is 1.25. The van der Waals surface area contributed by atoms with Gasteiger partial charge in [-0.15, -0.1) is 0 Å². The number of H-pyrrole nitrogens is 1. The second-order valence-corrected chi connectivity index (χ2v) is 9.48. The third kappa shape index (κ3) is 5.11. The Morgan fingerprint density at radius 1 is 0.949 bits per heavy atom. The van der Waals surface area contributed by atoms with Gasteiger partial charge in [-0.3, -0.25) is 19.4 Å². The smallest absolute Gasteiger partial charge is 0.271 e. The fourth-order valence-corrected chi connectivity index (χ4v) is 5.05. The van der Waals surface area contributed by atoms with Crippen LogP contribution in [-0.2, 0) is 6.42 Å². The van der Waals surface area contributed by atoms with Crippen molar-refractivity contribution in [2.75, 3.05) is 19.7 Å². The normalized spacial score (nSPS) is 16.8. The number of hydrogen-bond donors (Lipinski definition) is 2. The third-order valence-electron chi connectivity index (χ3n) is 6.86. The number of pyridine rings is 2. The molecule has 196 valence electrons. The van der Waals surface area contributed by atoms with Crippen LogP contribution < -0.4 is 20.3 Å². The lowest BCUT2D eigenvalue weighted by molar-refractivity contribution is 0.0687. The number of nitrogens with zero attached hydrogens (tertiary/aromatic N) is 2. The molecular formula is C30H26N4O5. The predicted molar refractivity (Wildman–Crippen MR) is 143 cm³/mol. The molecule has 9 nitrogen and oxygen atoms in total. The van der Waals surface area contributed by atoms with E-state index >= 15 is 0 Å². The number of nitrogens with one attached hydrogen (secondary N) is 2. The molecule has 2 aromatic carbocycles. The second kappa shape index (κ2) is 10.4. The van der Waals surface area contributed by atoms with Crippen molar-refractivity contribution in [1.82, 2.24) is 20.2 Å². The minimum atomic E-state index is -0.397. The van der Waals surface area contributed by atoms with Gasteiger partial charge in [0.05, 0.1) is 24.4 Å². The monoisotopic (exact) mass is 522 g/mol. The Balaban J connectivity index is 1.43. The van der Waals surface area contributed by atoms with Crippen LogP contribution in [0.1, 0.15) is 50.0 Å². The lowest BCUT2D eigenvalue weighted by Gasteiger charge is -2.38. The lowest BCUT2D eigenvalue weighted by atomic mass is 9.87. The average Bonchev–Trinajstić information content (AvgIpc) is 2.95. The van der Waals surface area contributed by atoms with Crippen LogP contribution in [0.15, 0.2) is 83.9 Å². The summed E-state index contributed by atoms with van der Waals surface area (Å²) in [6, 6.07) is 19.3. The Morgan fingerprint density at radius 2 is 1.85 bits per heavy atom. The maximum absolute atomic E-state index is 13.7. The first-order valence-corrected chi connectivity index (χ1v) is 12.8. The minimum Gasteiger partial charge on any atom is -0.494 e. The van der Waals surface area contributed by atoms with Crippen LogP contribution in [0.25, 0.3) is 0 Å². The summed E-state index contributed by atoms with van der Waals surface area (Å²) < 4.78 is 12.1. The highest BCUT2D eigenvalue weighted by molar-refractivity contribution is 5.94. The quantitative estimate of drug-likeness (QED) is 0.393. The summed E-state index contributed by atoms with van der Waals surface area (Å²) >= 11 is 0. The molecule has 3 aliphatic heterocycles. The molecule has 0 radical (unpaired) electrons. The van der Waals surface area contributed by atoms with Crippen LogP contribution in [0.3, 0.4) is 0 Å². The fourth-order valence-electron chi connectivity index (χ4n) is 5.05. The average molecular weight is 523 g/mol. The molecule has 4 aromatic rings. The Kier molecular flexibility index (Phi) is 6.54. The lowest BCUT2D eigenvalue weighted by Crippen LogP contribution is -2.41. The topological polar surface area (TPSA) is 114 Å². The van der Waals surface area contributed by atoms with E-state index in [4.69, 9.17) is 9.47 Å². The minimum absolute atomic E-state index is 0.228. The van der Waals surface area contributed by atoms with Gasteiger partial charge >= 0.3 is 0 Å². The Labute approximate surface area is 224 Å². The molecule has 0 saturated heterocycles. The van der Waals surface area contributed by atoms with Crippen molar-refractivity contribution in [3.05, 3.63) is 117 Å². The molecule has 0 spiro atoms. The maximum atomic E-state index is 13.7. The van der Waals surface area contributed by atoms with Crippen molar-refractivity contribution >= 4 is 11.8 Å². The first-order chi connectivity index (χ1) is 19.0. The van der Waals surface area contributed by atoms with Crippen molar-refractivity contribution in [3.63, 3.8) is 0 Å². The van der Waals surface area contributed by atoms with E-state index in [2.05, 4.69) is 15.3 Å². The zero-order valence-corrected chi connectivity index (χ0v) is 21.1. The summed E-state index contributed by atoms with van der Waals surface area (Å²) in [5, 5.41) is 2.89. The highest BCUT2D eigenvalue weighted by atomic mass is 16.5. The molecule has 9 heteroatoms. The molecule has 2 N–H and O–H groups in total. The SMILES string of the molecule is O=C1NCCCOc2cccc(c2)C2c3ccc(cc3CCN2C(=O)c2cccc(=O)[nH]2)Oc2cncc1c2. The van der Waals surface area contributed by atoms with E-state index in [0.717, 1.165) is 16.7 Å². The number of hydrogen-bond acceptors (Lipinski definition) is 6. The predicted octanol–water partition coefficient (Wildman–Crippen LogP) is 3.86. The molecule has 0 fully saturated rings. The van der Waals surface area contributed by atoms with Crippen molar-refractivity contribution in [2.24, 2.45) is 0 Å². The molecule has 5 heterocycles. The van der Waals surface area contributed by atoms with Gasteiger partial charge in [0.15, 0.2) is 0 Å². The number of fused-ring (bicyclic) bond motifs is 6. The summed E-state index contributed by atoms with van der Waals surface area (Å²) in [5.41, 5.74) is 3.22. The first-order valence-electron chi connectivity index (χ1n) is 12.8. The molecule has 8 bridgehead atoms. The second-order valence-electron chi connectivity index (χ2n) is 9.48. The molecular weight excluding hydrogens is 496 g/mol. The van der Waals surface area contributed by atoms with E-state index in [1.807, 2.05) is 42.5 Å². The van der Waals surface area contributed by atoms with Gasteiger partial charge in [-0.2, -0.15) is 0 Å². The number of rotatable bonds is 1. The van der Waals surface area contributed by atoms with Gasteiger partial charge in [0.1, 0.15) is 22.9 Å². The van der Waals surface area contributed by atoms with Gasteiger partial charge in [0.25, 0.3) is 11.8 Å². The van der Waals surface area contributed by atoms with Gasteiger partial charge < -0.3 is 24.7 Å². The molecule has 2 aromatic heterocycles. The summed E-state index contributed by atoms with van der Waals surface area (Å²) in [7, 11) is 0. The number of aromatic nitrogens is 2. The number of carbonyl (C=O) groups excluding carboxylic acids is 2. The molecule has 39 heavy (non-hydrogen) atoms. The van der Waals surface area contributed by atoms with E-state index in [1.165, 1.54) is 12.3 Å². The van der Waals surface area contributed by atoms with E-state index < -0.39 is 6.04 Å². The number of aromatic amines is 1. The summed E-state index contributed by atoms with van der Waals surface area (Å²) in [4.78, 5) is 46.8. The summed E-state index contributed by atoms with van der Waals surface area (Å²) in [6.45, 7) is 1.29. The van der Waals surface area contributed by atoms with Crippen molar-refractivity contribution < 1.29 is 19.1 Å². The zero-order valence-electron chi connectivity index (χ0n) is 21.1. The molecule has 2 amide bonds. The number of amides is 2. The number of ether oxygens (including phenoxy) is 2. The number of carbonyl (C=O) groups is 2. The molecule has 7 rings (SSSR count). The largest absolute Gasteiger partial charge is 0.494 e. The van der Waals surface area contributed by atoms with E-state index in [0.29, 0.717) is 55.4 Å². The van der Waals surface area contributed by atoms with Gasteiger partial charge in [-0.25, -0.2) is 0 Å². The van der Waals surface area contributed by atoms with Crippen LogP contribution in [0.5, 0.6) is 17.2 Å². The van der Waals surface area contributed by atoms with Gasteiger partial charge in [0, 0.05) is 25.4 Å². The number of benzene rings is 2. The molecule has 3 aliphatic rings. The van der Waals surface area contributed by atoms with Crippen LogP contribution in [0.4, 0.5) is 0 Å². The highest BCUT2D eigenvalue weighted by Crippen LogP contribution is 2.39. The third-order valence-corrected chi connectivity index (χ3v) is 6.86. The van der Waals surface area contributed by atoms with Crippen LogP contribution in [-0.4, -0.2) is 46.4 Å². The van der Waals surface area contributed by atoms with Gasteiger partial charge in [-0.05, 0) is 65.9 Å². The van der Waals surface area contributed by atoms with Crippen LogP contribution in [0.2, 0.25) is 0 Å². The molecule has 1 atom stereocenters. The Hall–Kier alpha value is -4.92. The zero-order chi connectivity index (χ0) is 26.8. The molecule has 0 saturated carbocycles. The van der Waals surface area contributed by atoms with Crippen LogP contribution in [0, 0.1) is 0 Å². The van der Waals surface area contributed by atoms with Crippen molar-refractivity contribution in [1.29, 1.82) is 0 Å². The van der Waals surface area contributed by atoms with Gasteiger partial charge in [0.2, 0.25) is 5.56 Å². The standard InChI is InChI=1S/C30H26N4O5/c35-27-7-2-6-26(33-27)30(37)34-12-10-19-14-23-8-9-25(19)28(34)20-4-1-5-22(15-20)38-13-3-11-32-29(36)21-16-24(39-23)18-31-17-21/h1-2,4-9,14-18,28H,3,10-13H2,(H,32,36)(H,33,35).